The second-order valence-corrected chi connectivity index (χ2v) is 6.11. The van der Waals surface area contributed by atoms with Gasteiger partial charge in [0.2, 0.25) is 0 Å². The fraction of sp³-hybridized carbons (Fsp3) is 0.818. The average Bonchev–Trinajstić information content (AvgIpc) is 2.38. The van der Waals surface area contributed by atoms with Crippen molar-refractivity contribution in [2.45, 2.75) is 27.2 Å². The lowest BCUT2D eigenvalue weighted by molar-refractivity contribution is 0.0631. The Morgan fingerprint density at radius 3 is 1.86 bits per heavy atom. The van der Waals surface area contributed by atoms with Gasteiger partial charge in [0.15, 0.2) is 0 Å². The Bertz CT molecular complexity index is 302. The van der Waals surface area contributed by atoms with Crippen LogP contribution in [0.15, 0.2) is 0 Å². The number of nitrogens with one attached hydrogen (secondary N) is 3. The van der Waals surface area contributed by atoms with Crippen molar-refractivity contribution in [3.8, 4) is 0 Å². The zero-order valence-electron chi connectivity index (χ0n) is 12.9. The Balaban J connectivity index is 4.22. The minimum atomic E-state index is -3.20. The van der Waals surface area contributed by atoms with Crippen LogP contribution in [0.1, 0.15) is 27.2 Å². The molecule has 0 aromatic rings. The van der Waals surface area contributed by atoms with Crippen LogP contribution in [0.5, 0.6) is 0 Å². The Kier molecular flexibility index (Phi) is 10.6. The molecule has 0 heterocycles. The van der Waals surface area contributed by atoms with Crippen LogP contribution in [0, 0.1) is 0 Å². The van der Waals surface area contributed by atoms with Crippen molar-refractivity contribution in [2.24, 2.45) is 5.73 Å². The molecule has 0 saturated carbocycles. The van der Waals surface area contributed by atoms with Crippen LogP contribution in [-0.2, 0) is 13.3 Å². The predicted octanol–water partition coefficient (Wildman–Crippen LogP) is -0.111. The van der Waals surface area contributed by atoms with Crippen molar-refractivity contribution in [1.82, 2.24) is 15.6 Å². The molecular weight excluding hydrogens is 296 g/mol. The van der Waals surface area contributed by atoms with Crippen LogP contribution in [0.25, 0.3) is 0 Å². The van der Waals surface area contributed by atoms with Crippen molar-refractivity contribution in [3.05, 3.63) is 0 Å². The smallest absolute Gasteiger partial charge is 0.357 e. The maximum absolute atomic E-state index is 11.8. The Hall–Kier alpha value is -1.36. The van der Waals surface area contributed by atoms with Crippen molar-refractivity contribution >= 4 is 21.0 Å². The number of nitrogens with two attached hydrogens (primary N) is 1. The van der Waals surface area contributed by atoms with Gasteiger partial charge in [-0.2, -0.15) is 0 Å². The molecule has 0 unspecified atom stereocenters. The molecule has 0 fully saturated rings. The summed E-state index contributed by atoms with van der Waals surface area (Å²) in [6.45, 7) is 7.28. The summed E-state index contributed by atoms with van der Waals surface area (Å²) in [5, 5.41) is 5.07. The molecule has 0 aliphatic heterocycles. The summed E-state index contributed by atoms with van der Waals surface area (Å²) in [6, 6.07) is -1.02. The van der Waals surface area contributed by atoms with E-state index in [2.05, 4.69) is 15.6 Å². The lowest BCUT2D eigenvalue weighted by Gasteiger charge is -2.27. The van der Waals surface area contributed by atoms with Gasteiger partial charge in [0, 0.05) is 32.9 Å². The van der Waals surface area contributed by atoms with Crippen molar-refractivity contribution in [2.75, 3.05) is 32.9 Å². The average molecular weight is 322 g/mol. The van der Waals surface area contributed by atoms with E-state index >= 15 is 0 Å². The second kappa shape index (κ2) is 11.3. The summed E-state index contributed by atoms with van der Waals surface area (Å²) in [6.07, 6.45) is 0.558. The molecular formula is C11H26N4O5Si. The third-order valence-electron chi connectivity index (χ3n) is 2.21. The Labute approximate surface area is 126 Å². The summed E-state index contributed by atoms with van der Waals surface area (Å²) < 4.78 is 16.5. The van der Waals surface area contributed by atoms with E-state index in [1.165, 1.54) is 0 Å². The number of carbonyl (C=O) groups is 2. The molecule has 0 aromatic heterocycles. The first-order chi connectivity index (χ1) is 9.99. The van der Waals surface area contributed by atoms with E-state index in [1.54, 1.807) is 20.8 Å². The van der Waals surface area contributed by atoms with Crippen molar-refractivity contribution in [1.29, 1.82) is 0 Å². The van der Waals surface area contributed by atoms with Gasteiger partial charge in [-0.15, -0.1) is 0 Å². The van der Waals surface area contributed by atoms with E-state index < -0.39 is 21.0 Å². The Morgan fingerprint density at radius 2 is 1.43 bits per heavy atom. The number of urea groups is 2. The Morgan fingerprint density at radius 1 is 0.952 bits per heavy atom. The normalized spacial score (nSPS) is 11.0. The molecule has 0 atom stereocenters. The third kappa shape index (κ3) is 9.23. The fourth-order valence-electron chi connectivity index (χ4n) is 1.49. The van der Waals surface area contributed by atoms with Crippen molar-refractivity contribution in [3.63, 3.8) is 0 Å². The number of rotatable bonds is 11. The number of amides is 4. The second-order valence-electron chi connectivity index (χ2n) is 3.88. The third-order valence-corrected chi connectivity index (χ3v) is 4.75. The SMILES string of the molecule is CCO[Si](NC(=O)NCCCNC(N)=O)(OCC)OCC. The molecule has 0 saturated heterocycles. The van der Waals surface area contributed by atoms with Crippen LogP contribution in [0.4, 0.5) is 9.59 Å². The largest absolute Gasteiger partial charge is 0.634 e. The summed E-state index contributed by atoms with van der Waals surface area (Å²) in [4.78, 5) is 25.0. The van der Waals surface area contributed by atoms with Crippen LogP contribution in [0.3, 0.4) is 0 Å². The standard InChI is InChI=1S/C11H26N4O5Si/c1-4-18-21(19-5-2,20-6-3)15-11(17)14-9-7-8-13-10(12)16/h4-9H2,1-3H3,(H3,12,13,16)(H2,14,15,17). The summed E-state index contributed by atoms with van der Waals surface area (Å²) in [7, 11) is -3.20. The number of hydrogen-bond donors (Lipinski definition) is 4. The monoisotopic (exact) mass is 322 g/mol. The zero-order chi connectivity index (χ0) is 16.1. The van der Waals surface area contributed by atoms with Crippen LogP contribution in [-0.4, -0.2) is 53.9 Å². The van der Waals surface area contributed by atoms with Gasteiger partial charge >= 0.3 is 21.0 Å². The molecule has 0 rings (SSSR count). The zero-order valence-corrected chi connectivity index (χ0v) is 13.9. The number of carbonyl (C=O) groups excluding carboxylic acids is 2. The lowest BCUT2D eigenvalue weighted by atomic mass is 10.4. The molecule has 0 bridgehead atoms. The van der Waals surface area contributed by atoms with Gasteiger partial charge in [0.1, 0.15) is 0 Å². The van der Waals surface area contributed by atoms with E-state index in [0.717, 1.165) is 0 Å². The molecule has 9 nitrogen and oxygen atoms in total. The van der Waals surface area contributed by atoms with Gasteiger partial charge in [0.25, 0.3) is 0 Å². The summed E-state index contributed by atoms with van der Waals surface area (Å²) >= 11 is 0. The molecule has 21 heavy (non-hydrogen) atoms. The van der Waals surface area contributed by atoms with Gasteiger partial charge in [-0.3, -0.25) is 4.98 Å². The molecule has 0 aliphatic rings. The van der Waals surface area contributed by atoms with Gasteiger partial charge in [-0.05, 0) is 27.2 Å². The molecule has 5 N–H and O–H groups in total. The van der Waals surface area contributed by atoms with Crippen LogP contribution >= 0.6 is 0 Å². The topological polar surface area (TPSA) is 124 Å². The maximum atomic E-state index is 11.8. The van der Waals surface area contributed by atoms with Gasteiger partial charge in [-0.1, -0.05) is 0 Å². The molecule has 4 amide bonds. The highest BCUT2D eigenvalue weighted by atomic mass is 28.4. The van der Waals surface area contributed by atoms with Crippen LogP contribution in [0.2, 0.25) is 0 Å². The first-order valence-electron chi connectivity index (χ1n) is 7.00. The summed E-state index contributed by atoms with van der Waals surface area (Å²) in [5.74, 6) is 0. The van der Waals surface area contributed by atoms with E-state index in [-0.39, 0.29) is 0 Å². The molecule has 0 aromatic carbocycles. The number of hydrogen-bond acceptors (Lipinski definition) is 5. The lowest BCUT2D eigenvalue weighted by Crippen LogP contribution is -2.63. The van der Waals surface area contributed by atoms with Gasteiger partial charge < -0.3 is 29.6 Å². The van der Waals surface area contributed by atoms with E-state index in [4.69, 9.17) is 19.0 Å². The van der Waals surface area contributed by atoms with E-state index in [1.807, 2.05) is 0 Å². The van der Waals surface area contributed by atoms with E-state index in [9.17, 15) is 9.59 Å². The quantitative estimate of drug-likeness (QED) is 0.312. The predicted molar refractivity (Wildman–Crippen MR) is 79.4 cm³/mol. The molecule has 0 aliphatic carbocycles. The molecule has 0 spiro atoms. The minimum absolute atomic E-state index is 0.370. The van der Waals surface area contributed by atoms with E-state index in [0.29, 0.717) is 39.3 Å². The van der Waals surface area contributed by atoms with Crippen molar-refractivity contribution < 1.29 is 22.9 Å². The highest BCUT2D eigenvalue weighted by molar-refractivity contribution is 6.60. The number of primary amides is 1. The first-order valence-corrected chi connectivity index (χ1v) is 8.73. The molecule has 124 valence electrons. The van der Waals surface area contributed by atoms with Gasteiger partial charge in [-0.25, -0.2) is 9.59 Å². The van der Waals surface area contributed by atoms with Crippen LogP contribution < -0.4 is 21.3 Å². The first kappa shape index (κ1) is 19.6. The minimum Gasteiger partial charge on any atom is -0.357 e. The molecule has 10 heteroatoms. The summed E-state index contributed by atoms with van der Waals surface area (Å²) in [5.41, 5.74) is 4.92. The maximum Gasteiger partial charge on any atom is 0.634 e. The highest BCUT2D eigenvalue weighted by Crippen LogP contribution is 2.06. The van der Waals surface area contributed by atoms with Gasteiger partial charge in [0.05, 0.1) is 0 Å². The molecule has 0 radical (unpaired) electrons. The highest BCUT2D eigenvalue weighted by Gasteiger charge is 2.44. The fourth-order valence-corrected chi connectivity index (χ4v) is 3.46.